The summed E-state index contributed by atoms with van der Waals surface area (Å²) in [5.41, 5.74) is 0.658. The van der Waals surface area contributed by atoms with Crippen molar-refractivity contribution >= 4 is 34.7 Å². The number of nitrogens with zero attached hydrogens (tertiary/aromatic N) is 5. The van der Waals surface area contributed by atoms with E-state index >= 15 is 0 Å². The van der Waals surface area contributed by atoms with E-state index in [1.54, 1.807) is 51.4 Å². The van der Waals surface area contributed by atoms with E-state index in [0.29, 0.717) is 48.1 Å². The molecule has 0 bridgehead atoms. The number of nitrogens with one attached hydrogen (secondary N) is 2. The van der Waals surface area contributed by atoms with Crippen molar-refractivity contribution in [3.63, 3.8) is 0 Å². The highest BCUT2D eigenvalue weighted by molar-refractivity contribution is 6.01. The minimum Gasteiger partial charge on any atom is -0.489 e. The molecule has 12 nitrogen and oxygen atoms in total. The summed E-state index contributed by atoms with van der Waals surface area (Å²) in [5, 5.41) is 3.93. The summed E-state index contributed by atoms with van der Waals surface area (Å²) in [6.45, 7) is 6.51. The van der Waals surface area contributed by atoms with Crippen LogP contribution >= 0.6 is 0 Å². The third-order valence-corrected chi connectivity index (χ3v) is 6.83. The van der Waals surface area contributed by atoms with Gasteiger partial charge in [-0.2, -0.15) is 0 Å². The van der Waals surface area contributed by atoms with Crippen LogP contribution in [0.3, 0.4) is 0 Å². The summed E-state index contributed by atoms with van der Waals surface area (Å²) in [4.78, 5) is 44.9. The second kappa shape index (κ2) is 11.4. The first-order valence-corrected chi connectivity index (χ1v) is 13.4. The number of aromatic nitrogens is 4. The SMILES string of the molecule is CC(C)(C)OC(=O)NC1(C(=O)N(N)c2cccc(OCc3ccccc3)c2)CCN(c2ncnc3nc[nH]c23)CC1. The second-order valence-corrected chi connectivity index (χ2v) is 10.9. The molecule has 12 heteroatoms. The van der Waals surface area contributed by atoms with Crippen LogP contribution in [0.5, 0.6) is 5.75 Å². The zero-order valence-corrected chi connectivity index (χ0v) is 23.3. The van der Waals surface area contributed by atoms with Gasteiger partial charge in [0.2, 0.25) is 0 Å². The van der Waals surface area contributed by atoms with Gasteiger partial charge in [0.25, 0.3) is 5.91 Å². The number of rotatable bonds is 7. The van der Waals surface area contributed by atoms with E-state index in [4.69, 9.17) is 15.3 Å². The summed E-state index contributed by atoms with van der Waals surface area (Å²) in [6, 6.07) is 16.8. The van der Waals surface area contributed by atoms with Gasteiger partial charge < -0.3 is 24.7 Å². The van der Waals surface area contributed by atoms with Crippen molar-refractivity contribution in [3.05, 3.63) is 72.8 Å². The Morgan fingerprint density at radius 1 is 1.07 bits per heavy atom. The van der Waals surface area contributed by atoms with Crippen LogP contribution in [0, 0.1) is 0 Å². The van der Waals surface area contributed by atoms with E-state index in [9.17, 15) is 9.59 Å². The Morgan fingerprint density at radius 3 is 2.56 bits per heavy atom. The maximum absolute atomic E-state index is 14.1. The van der Waals surface area contributed by atoms with E-state index in [-0.39, 0.29) is 12.8 Å². The number of imidazole rings is 1. The van der Waals surface area contributed by atoms with Gasteiger partial charge in [-0.15, -0.1) is 0 Å². The zero-order chi connectivity index (χ0) is 29.0. The molecule has 0 radical (unpaired) electrons. The lowest BCUT2D eigenvalue weighted by Gasteiger charge is -2.42. The van der Waals surface area contributed by atoms with Crippen LogP contribution in [0.15, 0.2) is 67.3 Å². The van der Waals surface area contributed by atoms with Crippen molar-refractivity contribution in [3.8, 4) is 5.75 Å². The predicted octanol–water partition coefficient (Wildman–Crippen LogP) is 3.70. The molecule has 214 valence electrons. The number of hydrazine groups is 1. The Kier molecular flexibility index (Phi) is 7.75. The summed E-state index contributed by atoms with van der Waals surface area (Å²) in [7, 11) is 0. The number of alkyl carbamates (subject to hydrolysis) is 1. The molecule has 1 aliphatic rings. The molecule has 2 aromatic carbocycles. The molecule has 1 fully saturated rings. The Bertz CT molecular complexity index is 1510. The van der Waals surface area contributed by atoms with Crippen LogP contribution in [0.25, 0.3) is 11.2 Å². The number of H-pyrrole nitrogens is 1. The molecule has 0 unspecified atom stereocenters. The fourth-order valence-corrected chi connectivity index (χ4v) is 4.80. The number of hydrogen-bond donors (Lipinski definition) is 3. The number of carbonyl (C=O) groups is 2. The highest BCUT2D eigenvalue weighted by Crippen LogP contribution is 2.31. The predicted molar refractivity (Wildman–Crippen MR) is 154 cm³/mol. The molecule has 0 atom stereocenters. The van der Waals surface area contributed by atoms with E-state index in [1.807, 2.05) is 35.2 Å². The molecule has 41 heavy (non-hydrogen) atoms. The number of anilines is 2. The van der Waals surface area contributed by atoms with Gasteiger partial charge in [-0.1, -0.05) is 36.4 Å². The molecule has 4 N–H and O–H groups in total. The molecule has 2 amide bonds. The smallest absolute Gasteiger partial charge is 0.408 e. The van der Waals surface area contributed by atoms with Crippen molar-refractivity contribution in [1.82, 2.24) is 25.3 Å². The van der Waals surface area contributed by atoms with Crippen LogP contribution in [0.4, 0.5) is 16.3 Å². The van der Waals surface area contributed by atoms with E-state index in [0.717, 1.165) is 10.6 Å². The minimum absolute atomic E-state index is 0.266. The second-order valence-electron chi connectivity index (χ2n) is 10.9. The zero-order valence-electron chi connectivity index (χ0n) is 23.3. The Hall–Kier alpha value is -4.71. The minimum atomic E-state index is -1.31. The molecular formula is C29H34N8O4. The fraction of sp³-hybridized carbons (Fsp3) is 0.345. The van der Waals surface area contributed by atoms with Gasteiger partial charge >= 0.3 is 6.09 Å². The maximum Gasteiger partial charge on any atom is 0.408 e. The van der Waals surface area contributed by atoms with Gasteiger partial charge in [-0.3, -0.25) is 4.79 Å². The number of aromatic amines is 1. The molecule has 2 aromatic heterocycles. The van der Waals surface area contributed by atoms with Crippen LogP contribution in [-0.4, -0.2) is 56.2 Å². The van der Waals surface area contributed by atoms with E-state index in [1.165, 1.54) is 6.33 Å². The lowest BCUT2D eigenvalue weighted by Crippen LogP contribution is -2.65. The Labute approximate surface area is 237 Å². The van der Waals surface area contributed by atoms with Crippen molar-refractivity contribution in [2.75, 3.05) is 23.0 Å². The van der Waals surface area contributed by atoms with Crippen molar-refractivity contribution in [2.24, 2.45) is 5.84 Å². The van der Waals surface area contributed by atoms with Gasteiger partial charge in [-0.05, 0) is 51.3 Å². The van der Waals surface area contributed by atoms with E-state index < -0.39 is 23.1 Å². The molecular weight excluding hydrogens is 524 g/mol. The number of benzene rings is 2. The number of piperidine rings is 1. The molecule has 4 aromatic rings. The quantitative estimate of drug-likeness (QED) is 0.175. The molecule has 0 spiro atoms. The van der Waals surface area contributed by atoms with Crippen molar-refractivity contribution in [1.29, 1.82) is 0 Å². The average molecular weight is 559 g/mol. The van der Waals surface area contributed by atoms with Crippen LogP contribution < -0.4 is 25.8 Å². The molecule has 3 heterocycles. The van der Waals surface area contributed by atoms with Gasteiger partial charge in [0.05, 0.1) is 12.0 Å². The topological polar surface area (TPSA) is 152 Å². The number of fused-ring (bicyclic) bond motifs is 1. The number of nitrogens with two attached hydrogens (primary N) is 1. The largest absolute Gasteiger partial charge is 0.489 e. The fourth-order valence-electron chi connectivity index (χ4n) is 4.80. The summed E-state index contributed by atoms with van der Waals surface area (Å²) in [5.74, 6) is 7.21. The van der Waals surface area contributed by atoms with Crippen molar-refractivity contribution in [2.45, 2.75) is 51.4 Å². The molecule has 0 aliphatic carbocycles. The van der Waals surface area contributed by atoms with Crippen LogP contribution in [0.2, 0.25) is 0 Å². The first-order valence-electron chi connectivity index (χ1n) is 13.4. The van der Waals surface area contributed by atoms with Gasteiger partial charge in [0.15, 0.2) is 11.5 Å². The lowest BCUT2D eigenvalue weighted by molar-refractivity contribution is -0.126. The molecule has 0 saturated carbocycles. The number of amides is 2. The van der Waals surface area contributed by atoms with Gasteiger partial charge in [0.1, 0.15) is 35.3 Å². The summed E-state index contributed by atoms with van der Waals surface area (Å²) in [6.07, 6.45) is 2.87. The Morgan fingerprint density at radius 2 is 1.83 bits per heavy atom. The number of carbonyl (C=O) groups excluding carboxylic acids is 2. The monoisotopic (exact) mass is 558 g/mol. The Balaban J connectivity index is 1.36. The normalized spacial score (nSPS) is 14.9. The summed E-state index contributed by atoms with van der Waals surface area (Å²) < 4.78 is 11.5. The van der Waals surface area contributed by atoms with Gasteiger partial charge in [-0.25, -0.2) is 30.6 Å². The molecule has 5 rings (SSSR count). The standard InChI is InChI=1S/C29H34N8O4/c1-28(2,3)41-27(39)35-29(12-14-36(15-13-29)25-23-24(32-18-31-23)33-19-34-25)26(38)37(30)21-10-7-11-22(16-21)40-17-20-8-5-4-6-9-20/h4-11,16,18-19H,12-15,17,30H2,1-3H3,(H,35,39)(H,31,32,33,34). The third kappa shape index (κ3) is 6.38. The average Bonchev–Trinajstić information content (AvgIpc) is 3.45. The highest BCUT2D eigenvalue weighted by atomic mass is 16.6. The molecule has 1 saturated heterocycles. The first kappa shape index (κ1) is 27.8. The van der Waals surface area contributed by atoms with Crippen LogP contribution in [-0.2, 0) is 16.1 Å². The highest BCUT2D eigenvalue weighted by Gasteiger charge is 2.46. The van der Waals surface area contributed by atoms with Gasteiger partial charge in [0, 0.05) is 19.2 Å². The maximum atomic E-state index is 14.1. The van der Waals surface area contributed by atoms with Crippen LogP contribution in [0.1, 0.15) is 39.2 Å². The molecule has 1 aliphatic heterocycles. The lowest BCUT2D eigenvalue weighted by atomic mass is 9.86. The third-order valence-electron chi connectivity index (χ3n) is 6.83. The van der Waals surface area contributed by atoms with Crippen molar-refractivity contribution < 1.29 is 19.1 Å². The van der Waals surface area contributed by atoms with E-state index in [2.05, 4.69) is 25.3 Å². The number of ether oxygens (including phenoxy) is 2. The number of hydrogen-bond acceptors (Lipinski definition) is 9. The first-order chi connectivity index (χ1) is 19.6. The summed E-state index contributed by atoms with van der Waals surface area (Å²) >= 11 is 0.